The smallest absolute Gasteiger partial charge is 0.0654 e. The van der Waals surface area contributed by atoms with Crippen LogP contribution in [0.3, 0.4) is 0 Å². The summed E-state index contributed by atoms with van der Waals surface area (Å²) >= 11 is 0. The first-order valence-corrected chi connectivity index (χ1v) is 24.9. The summed E-state index contributed by atoms with van der Waals surface area (Å²) in [5, 5.41) is 3.55. The predicted octanol–water partition coefficient (Wildman–Crippen LogP) is 15.8. The topological polar surface area (TPSA) is 0 Å². The number of rotatable bonds is 34. The van der Waals surface area contributed by atoms with Crippen molar-refractivity contribution in [3.8, 4) is 11.1 Å². The fourth-order valence-corrected chi connectivity index (χ4v) is 14.7. The van der Waals surface area contributed by atoms with Crippen LogP contribution >= 0.6 is 0 Å². The van der Waals surface area contributed by atoms with E-state index < -0.39 is 8.07 Å². The van der Waals surface area contributed by atoms with Gasteiger partial charge in [0, 0.05) is 0 Å². The quantitative estimate of drug-likeness (QED) is 0.0508. The van der Waals surface area contributed by atoms with Gasteiger partial charge in [-0.3, -0.25) is 0 Å². The Bertz CT molecular complexity index is 955. The molecule has 0 radical (unpaired) electrons. The SMILES string of the molecule is CCCCCCCCCCCCCCCCCC[Si]1(CCCCCCCCCCCCCCCCCC)c2ccccc2-c2ccccc21. The molecule has 2 aromatic rings. The lowest BCUT2D eigenvalue weighted by Gasteiger charge is -2.30. The molecule has 1 aliphatic heterocycles. The molecule has 0 aromatic heterocycles. The molecule has 0 saturated carbocycles. The van der Waals surface area contributed by atoms with Gasteiger partial charge >= 0.3 is 0 Å². The van der Waals surface area contributed by atoms with E-state index in [1.54, 1.807) is 21.5 Å². The zero-order chi connectivity index (χ0) is 34.5. The number of hydrogen-bond donors (Lipinski definition) is 0. The van der Waals surface area contributed by atoms with Crippen molar-refractivity contribution in [3.05, 3.63) is 48.5 Å². The van der Waals surface area contributed by atoms with Gasteiger partial charge in [-0.15, -0.1) is 0 Å². The number of fused-ring (bicyclic) bond motifs is 3. The van der Waals surface area contributed by atoms with E-state index >= 15 is 0 Å². The third kappa shape index (κ3) is 16.7. The van der Waals surface area contributed by atoms with Gasteiger partial charge in [-0.25, -0.2) is 0 Å². The highest BCUT2D eigenvalue weighted by atomic mass is 28.3. The average Bonchev–Trinajstić information content (AvgIpc) is 3.41. The molecule has 0 saturated heterocycles. The highest BCUT2D eigenvalue weighted by Gasteiger charge is 2.43. The van der Waals surface area contributed by atoms with Gasteiger partial charge in [0.1, 0.15) is 8.07 Å². The summed E-state index contributed by atoms with van der Waals surface area (Å²) in [6.07, 6.45) is 46.6. The fourth-order valence-electron chi connectivity index (χ4n) is 9.03. The molecule has 1 heteroatoms. The summed E-state index contributed by atoms with van der Waals surface area (Å²) in [4.78, 5) is 0. The van der Waals surface area contributed by atoms with Crippen molar-refractivity contribution in [2.45, 2.75) is 231 Å². The van der Waals surface area contributed by atoms with E-state index in [1.807, 2.05) is 0 Å². The summed E-state index contributed by atoms with van der Waals surface area (Å²) < 4.78 is 0. The lowest BCUT2D eigenvalue weighted by molar-refractivity contribution is 0.530. The molecule has 278 valence electrons. The Morgan fingerprint density at radius 1 is 0.286 bits per heavy atom. The summed E-state index contributed by atoms with van der Waals surface area (Å²) in [5.74, 6) is 0. The largest absolute Gasteiger partial charge is 0.119 e. The van der Waals surface area contributed by atoms with E-state index in [0.717, 1.165) is 0 Å². The molecule has 1 aliphatic rings. The molecule has 0 fully saturated rings. The van der Waals surface area contributed by atoms with E-state index in [2.05, 4.69) is 62.4 Å². The first-order chi connectivity index (χ1) is 24.3. The third-order valence-electron chi connectivity index (χ3n) is 12.1. The maximum atomic E-state index is 2.54. The second-order valence-electron chi connectivity index (χ2n) is 16.3. The monoisotopic (exact) mass is 687 g/mol. The summed E-state index contributed by atoms with van der Waals surface area (Å²) in [6.45, 7) is 4.63. The van der Waals surface area contributed by atoms with Crippen molar-refractivity contribution in [3.63, 3.8) is 0 Å². The molecule has 0 nitrogen and oxygen atoms in total. The maximum Gasteiger partial charge on any atom is 0.119 e. The maximum absolute atomic E-state index is 2.54. The molecule has 1 heterocycles. The first kappa shape index (κ1) is 42.1. The van der Waals surface area contributed by atoms with Gasteiger partial charge in [-0.1, -0.05) is 268 Å². The molecule has 0 amide bonds. The van der Waals surface area contributed by atoms with Crippen LogP contribution in [0.1, 0.15) is 219 Å². The second kappa shape index (κ2) is 28.3. The van der Waals surface area contributed by atoms with Crippen LogP contribution in [0.2, 0.25) is 12.1 Å². The molecule has 0 atom stereocenters. The van der Waals surface area contributed by atoms with Crippen molar-refractivity contribution in [2.75, 3.05) is 0 Å². The van der Waals surface area contributed by atoms with E-state index in [9.17, 15) is 0 Å². The number of hydrogen-bond acceptors (Lipinski definition) is 0. The Morgan fingerprint density at radius 3 is 0.776 bits per heavy atom. The van der Waals surface area contributed by atoms with Crippen LogP contribution in [-0.4, -0.2) is 8.07 Å². The minimum Gasteiger partial charge on any atom is -0.0654 e. The first-order valence-electron chi connectivity index (χ1n) is 22.5. The molecule has 0 bridgehead atoms. The normalized spacial score (nSPS) is 13.2. The second-order valence-corrected chi connectivity index (χ2v) is 20.5. The Morgan fingerprint density at radius 2 is 0.510 bits per heavy atom. The number of benzene rings is 2. The van der Waals surface area contributed by atoms with E-state index in [4.69, 9.17) is 0 Å². The fraction of sp³-hybridized carbons (Fsp3) is 0.750. The molecular weight excluding hydrogens is 605 g/mol. The molecule has 49 heavy (non-hydrogen) atoms. The van der Waals surface area contributed by atoms with Crippen LogP contribution in [-0.2, 0) is 0 Å². The van der Waals surface area contributed by atoms with Crippen LogP contribution in [0.5, 0.6) is 0 Å². The zero-order valence-electron chi connectivity index (χ0n) is 33.2. The highest BCUT2D eigenvalue weighted by Crippen LogP contribution is 2.35. The van der Waals surface area contributed by atoms with E-state index in [1.165, 1.54) is 218 Å². The van der Waals surface area contributed by atoms with Gasteiger partial charge in [0.05, 0.1) is 0 Å². The van der Waals surface area contributed by atoms with Gasteiger partial charge in [0.2, 0.25) is 0 Å². The number of unbranched alkanes of at least 4 members (excludes halogenated alkanes) is 30. The van der Waals surface area contributed by atoms with Crippen LogP contribution in [0.25, 0.3) is 11.1 Å². The van der Waals surface area contributed by atoms with Crippen LogP contribution < -0.4 is 10.4 Å². The standard InChI is InChI=1S/C48H82Si/c1-3-5-7-9-11-13-15-17-19-21-23-25-27-29-31-37-43-49(47-41-35-33-39-45(47)46-40-34-36-42-48(46)49)44-38-32-30-28-26-24-22-20-18-16-14-12-10-8-6-4-2/h33-36,39-42H,3-32,37-38,43-44H2,1-2H3. The highest BCUT2D eigenvalue weighted by molar-refractivity contribution is 7.05. The Labute approximate surface area is 308 Å². The summed E-state index contributed by atoms with van der Waals surface area (Å²) in [5.41, 5.74) is 3.16. The molecule has 0 spiro atoms. The van der Waals surface area contributed by atoms with Crippen LogP contribution in [0.15, 0.2) is 48.5 Å². The van der Waals surface area contributed by atoms with Gasteiger partial charge in [-0.2, -0.15) is 0 Å². The van der Waals surface area contributed by atoms with Crippen molar-refractivity contribution >= 4 is 18.4 Å². The minimum absolute atomic E-state index is 1.37. The molecule has 3 rings (SSSR count). The Kier molecular flexibility index (Phi) is 24.3. The van der Waals surface area contributed by atoms with Gasteiger partial charge in [0.15, 0.2) is 0 Å². The van der Waals surface area contributed by atoms with Crippen molar-refractivity contribution in [2.24, 2.45) is 0 Å². The van der Waals surface area contributed by atoms with Crippen molar-refractivity contribution in [1.29, 1.82) is 0 Å². The van der Waals surface area contributed by atoms with E-state index in [-0.39, 0.29) is 0 Å². The van der Waals surface area contributed by atoms with E-state index in [0.29, 0.717) is 0 Å². The Hall–Kier alpha value is -1.34. The minimum atomic E-state index is -1.69. The Balaban J connectivity index is 1.29. The van der Waals surface area contributed by atoms with Crippen molar-refractivity contribution in [1.82, 2.24) is 0 Å². The summed E-state index contributed by atoms with van der Waals surface area (Å²) in [7, 11) is -1.69. The molecule has 0 N–H and O–H groups in total. The lowest BCUT2D eigenvalue weighted by Crippen LogP contribution is -2.55. The molecule has 2 aromatic carbocycles. The lowest BCUT2D eigenvalue weighted by atomic mass is 10.0. The predicted molar refractivity (Wildman–Crippen MR) is 226 cm³/mol. The van der Waals surface area contributed by atoms with Gasteiger partial charge < -0.3 is 0 Å². The molecule has 0 aliphatic carbocycles. The average molecular weight is 687 g/mol. The third-order valence-corrected chi connectivity index (χ3v) is 17.4. The van der Waals surface area contributed by atoms with Gasteiger partial charge in [0.25, 0.3) is 0 Å². The van der Waals surface area contributed by atoms with Gasteiger partial charge in [-0.05, 0) is 33.6 Å². The molecular formula is C48H82Si. The van der Waals surface area contributed by atoms with Crippen LogP contribution in [0.4, 0.5) is 0 Å². The summed E-state index contributed by atoms with van der Waals surface area (Å²) in [6, 6.07) is 22.1. The molecule has 0 unspecified atom stereocenters. The van der Waals surface area contributed by atoms with Crippen molar-refractivity contribution < 1.29 is 0 Å². The van der Waals surface area contributed by atoms with Crippen LogP contribution in [0, 0.1) is 0 Å². The zero-order valence-corrected chi connectivity index (χ0v) is 34.2.